The van der Waals surface area contributed by atoms with Crippen molar-refractivity contribution in [3.8, 4) is 5.75 Å². The first kappa shape index (κ1) is 25.5. The number of phenols is 1. The Hall–Kier alpha value is -1.16. The number of nitrogens with zero attached hydrogens (tertiary/aromatic N) is 2. The van der Waals surface area contributed by atoms with Crippen LogP contribution < -0.4 is 5.48 Å². The summed E-state index contributed by atoms with van der Waals surface area (Å²) < 4.78 is 1.26. The summed E-state index contributed by atoms with van der Waals surface area (Å²) in [7, 11) is 1.45. The standard InChI is InChI=1S/C23H33Br2N3O4/c1-15(11-16-12-19(24)22(30)20(25)13-16)23(31)28-9-5-18(6-10-28)17-3-7-27(8-4-17)14-21(29)26-32-2/h12-13,15,17-18,30H,3-11,14H2,1-2H3,(H,26,29)/t15-/m1/s1. The van der Waals surface area contributed by atoms with E-state index in [0.717, 1.165) is 57.4 Å². The summed E-state index contributed by atoms with van der Waals surface area (Å²) in [6.45, 7) is 5.91. The number of halogens is 2. The maximum absolute atomic E-state index is 13.0. The number of hydroxylamine groups is 1. The van der Waals surface area contributed by atoms with Crippen LogP contribution in [0.2, 0.25) is 0 Å². The van der Waals surface area contributed by atoms with Gasteiger partial charge in [-0.2, -0.15) is 0 Å². The quantitative estimate of drug-likeness (QED) is 0.485. The van der Waals surface area contributed by atoms with Crippen LogP contribution in [0.3, 0.4) is 0 Å². The summed E-state index contributed by atoms with van der Waals surface area (Å²) in [5.41, 5.74) is 3.40. The Morgan fingerprint density at radius 1 is 1.09 bits per heavy atom. The van der Waals surface area contributed by atoms with Crippen molar-refractivity contribution >= 4 is 43.7 Å². The Labute approximate surface area is 207 Å². The molecule has 2 heterocycles. The lowest BCUT2D eigenvalue weighted by atomic mass is 9.78. The van der Waals surface area contributed by atoms with E-state index in [1.54, 1.807) is 0 Å². The van der Waals surface area contributed by atoms with E-state index in [9.17, 15) is 14.7 Å². The van der Waals surface area contributed by atoms with Gasteiger partial charge in [-0.15, -0.1) is 0 Å². The largest absolute Gasteiger partial charge is 0.506 e. The summed E-state index contributed by atoms with van der Waals surface area (Å²) in [4.78, 5) is 33.6. The van der Waals surface area contributed by atoms with Gasteiger partial charge in [0.2, 0.25) is 5.91 Å². The number of benzene rings is 1. The number of rotatable bonds is 7. The Bertz CT molecular complexity index is 783. The maximum Gasteiger partial charge on any atom is 0.257 e. The lowest BCUT2D eigenvalue weighted by Gasteiger charge is -2.40. The lowest BCUT2D eigenvalue weighted by molar-refractivity contribution is -0.136. The Morgan fingerprint density at radius 3 is 2.16 bits per heavy atom. The van der Waals surface area contributed by atoms with Crippen LogP contribution >= 0.6 is 31.9 Å². The average Bonchev–Trinajstić information content (AvgIpc) is 2.77. The first-order chi connectivity index (χ1) is 15.3. The van der Waals surface area contributed by atoms with Gasteiger partial charge >= 0.3 is 0 Å². The second kappa shape index (κ2) is 11.8. The predicted octanol–water partition coefficient (Wildman–Crippen LogP) is 3.72. The monoisotopic (exact) mass is 573 g/mol. The molecule has 3 rings (SSSR count). The molecular formula is C23H33Br2N3O4. The smallest absolute Gasteiger partial charge is 0.257 e. The van der Waals surface area contributed by atoms with Gasteiger partial charge in [0.05, 0.1) is 22.6 Å². The van der Waals surface area contributed by atoms with E-state index >= 15 is 0 Å². The Kier molecular flexibility index (Phi) is 9.40. The number of amides is 2. The van der Waals surface area contributed by atoms with Crippen molar-refractivity contribution in [3.05, 3.63) is 26.6 Å². The number of carbonyl (C=O) groups excluding carboxylic acids is 2. The van der Waals surface area contributed by atoms with Crippen LogP contribution in [-0.2, 0) is 20.8 Å². The van der Waals surface area contributed by atoms with Crippen molar-refractivity contribution in [3.63, 3.8) is 0 Å². The Balaban J connectivity index is 1.43. The SMILES string of the molecule is CONC(=O)CN1CCC(C2CCN(C(=O)[C@H](C)Cc3cc(Br)c(O)c(Br)c3)CC2)CC1. The molecule has 0 aliphatic carbocycles. The van der Waals surface area contributed by atoms with Crippen molar-refractivity contribution < 1.29 is 19.5 Å². The van der Waals surface area contributed by atoms with Crippen LogP contribution in [0.4, 0.5) is 0 Å². The molecule has 2 aliphatic rings. The first-order valence-electron chi connectivity index (χ1n) is 11.3. The molecule has 0 saturated carbocycles. The molecular weight excluding hydrogens is 542 g/mol. The normalized spacial score (nSPS) is 19.7. The predicted molar refractivity (Wildman–Crippen MR) is 130 cm³/mol. The molecule has 2 saturated heterocycles. The highest BCUT2D eigenvalue weighted by Crippen LogP contribution is 2.35. The topological polar surface area (TPSA) is 82.1 Å². The zero-order valence-corrected chi connectivity index (χ0v) is 22.0. The number of phenolic OH excluding ortho intramolecular Hbond substituents is 1. The second-order valence-corrected chi connectivity index (χ2v) is 10.7. The van der Waals surface area contributed by atoms with Gasteiger partial charge in [0.1, 0.15) is 5.75 Å². The van der Waals surface area contributed by atoms with Crippen LogP contribution in [0.15, 0.2) is 21.1 Å². The third-order valence-corrected chi connectivity index (χ3v) is 7.98. The van der Waals surface area contributed by atoms with Gasteiger partial charge in [-0.05, 0) is 107 Å². The van der Waals surface area contributed by atoms with Crippen LogP contribution in [0.25, 0.3) is 0 Å². The molecule has 9 heteroatoms. The molecule has 0 radical (unpaired) electrons. The van der Waals surface area contributed by atoms with Gasteiger partial charge in [0.15, 0.2) is 0 Å². The minimum Gasteiger partial charge on any atom is -0.506 e. The van der Waals surface area contributed by atoms with Gasteiger partial charge < -0.3 is 10.0 Å². The van der Waals surface area contributed by atoms with Gasteiger partial charge in [-0.25, -0.2) is 5.48 Å². The van der Waals surface area contributed by atoms with Crippen molar-refractivity contribution in [2.45, 2.75) is 39.0 Å². The second-order valence-electron chi connectivity index (χ2n) is 9.02. The van der Waals surface area contributed by atoms with E-state index in [1.165, 1.54) is 7.11 Å². The van der Waals surface area contributed by atoms with Gasteiger partial charge in [-0.1, -0.05) is 6.92 Å². The average molecular weight is 575 g/mol. The fourth-order valence-electron chi connectivity index (χ4n) is 5.01. The number of nitrogens with one attached hydrogen (secondary N) is 1. The van der Waals surface area contributed by atoms with Gasteiger partial charge in [-0.3, -0.25) is 19.3 Å². The zero-order valence-electron chi connectivity index (χ0n) is 18.8. The zero-order chi connectivity index (χ0) is 23.3. The molecule has 2 aliphatic heterocycles. The molecule has 178 valence electrons. The van der Waals surface area contributed by atoms with Crippen molar-refractivity contribution in [1.29, 1.82) is 0 Å². The molecule has 2 amide bonds. The van der Waals surface area contributed by atoms with E-state index in [4.69, 9.17) is 0 Å². The number of piperidine rings is 2. The van der Waals surface area contributed by atoms with Crippen LogP contribution in [0.1, 0.15) is 38.2 Å². The molecule has 1 atom stereocenters. The maximum atomic E-state index is 13.0. The third-order valence-electron chi connectivity index (χ3n) is 6.77. The molecule has 0 aromatic heterocycles. The lowest BCUT2D eigenvalue weighted by Crippen LogP contribution is -2.45. The van der Waals surface area contributed by atoms with Crippen LogP contribution in [0, 0.1) is 17.8 Å². The molecule has 2 N–H and O–H groups in total. The molecule has 0 bridgehead atoms. The highest BCUT2D eigenvalue weighted by molar-refractivity contribution is 9.11. The van der Waals surface area contributed by atoms with E-state index in [0.29, 0.717) is 33.7 Å². The van der Waals surface area contributed by atoms with Crippen molar-refractivity contribution in [1.82, 2.24) is 15.3 Å². The first-order valence-corrected chi connectivity index (χ1v) is 12.9. The minimum absolute atomic E-state index is 0.0982. The number of hydrogen-bond donors (Lipinski definition) is 2. The summed E-state index contributed by atoms with van der Waals surface area (Å²) >= 11 is 6.73. The summed E-state index contributed by atoms with van der Waals surface area (Å²) in [6, 6.07) is 3.75. The number of carbonyl (C=O) groups is 2. The van der Waals surface area contributed by atoms with Crippen LogP contribution in [-0.4, -0.2) is 66.6 Å². The molecule has 7 nitrogen and oxygen atoms in total. The highest BCUT2D eigenvalue weighted by atomic mass is 79.9. The fraction of sp³-hybridized carbons (Fsp3) is 0.652. The van der Waals surface area contributed by atoms with Gasteiger partial charge in [0.25, 0.3) is 5.91 Å². The van der Waals surface area contributed by atoms with E-state index in [-0.39, 0.29) is 23.5 Å². The number of likely N-dealkylation sites (tertiary alicyclic amines) is 2. The summed E-state index contributed by atoms with van der Waals surface area (Å²) in [6.07, 6.45) is 4.98. The minimum atomic E-state index is -0.101. The van der Waals surface area contributed by atoms with Gasteiger partial charge in [0, 0.05) is 19.0 Å². The molecule has 1 aromatic rings. The molecule has 32 heavy (non-hydrogen) atoms. The van der Waals surface area contributed by atoms with E-state index in [2.05, 4.69) is 47.1 Å². The summed E-state index contributed by atoms with van der Waals surface area (Å²) in [5.74, 6) is 1.53. The highest BCUT2D eigenvalue weighted by Gasteiger charge is 2.32. The van der Waals surface area contributed by atoms with Crippen LogP contribution in [0.5, 0.6) is 5.75 Å². The van der Waals surface area contributed by atoms with Crippen molar-refractivity contribution in [2.24, 2.45) is 17.8 Å². The van der Waals surface area contributed by atoms with Crippen molar-refractivity contribution in [2.75, 3.05) is 39.8 Å². The van der Waals surface area contributed by atoms with E-state index < -0.39 is 0 Å². The molecule has 0 spiro atoms. The molecule has 2 fully saturated rings. The number of hydrogen-bond acceptors (Lipinski definition) is 5. The number of aromatic hydroxyl groups is 1. The van der Waals surface area contributed by atoms with E-state index in [1.807, 2.05) is 24.0 Å². The molecule has 0 unspecified atom stereocenters. The third kappa shape index (κ3) is 6.68. The fourth-order valence-corrected chi connectivity index (χ4v) is 6.29. The summed E-state index contributed by atoms with van der Waals surface area (Å²) in [5, 5.41) is 9.89. The Morgan fingerprint density at radius 2 is 1.62 bits per heavy atom. The molecule has 1 aromatic carbocycles.